The van der Waals surface area contributed by atoms with Gasteiger partial charge in [0.2, 0.25) is 0 Å². The predicted octanol–water partition coefficient (Wildman–Crippen LogP) is 6.11. The highest BCUT2D eigenvalue weighted by molar-refractivity contribution is 7.19. The molecule has 2 aromatic heterocycles. The monoisotopic (exact) mass is 298 g/mol. The van der Waals surface area contributed by atoms with Gasteiger partial charge in [-0.1, -0.05) is 36.4 Å². The van der Waals surface area contributed by atoms with Crippen molar-refractivity contribution >= 4 is 32.8 Å². The molecule has 0 amide bonds. The smallest absolute Gasteiger partial charge is 0.0345 e. The van der Waals surface area contributed by atoms with Gasteiger partial charge in [-0.25, -0.2) is 0 Å². The molecule has 3 rings (SSSR count). The molecular formula is C18H18S2. The van der Waals surface area contributed by atoms with E-state index in [1.807, 2.05) is 23.5 Å². The minimum Gasteiger partial charge on any atom is -0.149 e. The molecule has 0 aliphatic rings. The topological polar surface area (TPSA) is 0 Å². The highest BCUT2D eigenvalue weighted by Gasteiger charge is 1.97. The van der Waals surface area contributed by atoms with Gasteiger partial charge in [0, 0.05) is 14.5 Å². The number of benzene rings is 1. The lowest BCUT2D eigenvalue weighted by Crippen LogP contribution is -1.67. The Hall–Kier alpha value is -1.64. The van der Waals surface area contributed by atoms with Crippen LogP contribution in [-0.4, -0.2) is 0 Å². The molecule has 2 heteroatoms. The van der Waals surface area contributed by atoms with E-state index in [1.54, 1.807) is 11.3 Å². The molecule has 0 unspecified atom stereocenters. The van der Waals surface area contributed by atoms with Gasteiger partial charge >= 0.3 is 0 Å². The molecule has 0 fully saturated rings. The fourth-order valence-electron chi connectivity index (χ4n) is 1.85. The second-order valence-electron chi connectivity index (χ2n) is 4.32. The molecule has 0 spiro atoms. The maximum atomic E-state index is 3.73. The Morgan fingerprint density at radius 3 is 2.30 bits per heavy atom. The van der Waals surface area contributed by atoms with Crippen LogP contribution in [0.15, 0.2) is 73.2 Å². The van der Waals surface area contributed by atoms with Crippen molar-refractivity contribution in [3.8, 4) is 0 Å². The molecule has 0 aliphatic carbocycles. The first kappa shape index (κ1) is 14.8. The van der Waals surface area contributed by atoms with Crippen molar-refractivity contribution in [2.45, 2.75) is 12.8 Å². The fraction of sp³-hybridized carbons (Fsp3) is 0.111. The Morgan fingerprint density at radius 1 is 0.900 bits per heavy atom. The molecule has 0 N–H and O–H groups in total. The lowest BCUT2D eigenvalue weighted by molar-refractivity contribution is 1.36. The average molecular weight is 298 g/mol. The second kappa shape index (κ2) is 7.83. The van der Waals surface area contributed by atoms with Crippen LogP contribution in [0.4, 0.5) is 0 Å². The number of rotatable bonds is 4. The Morgan fingerprint density at radius 2 is 1.65 bits per heavy atom. The van der Waals surface area contributed by atoms with E-state index in [-0.39, 0.29) is 0 Å². The summed E-state index contributed by atoms with van der Waals surface area (Å²) in [5, 5.41) is 3.43. The Bertz CT molecular complexity index is 627. The van der Waals surface area contributed by atoms with Gasteiger partial charge in [-0.05, 0) is 41.8 Å². The van der Waals surface area contributed by atoms with E-state index >= 15 is 0 Å². The first-order valence-corrected chi connectivity index (χ1v) is 8.24. The van der Waals surface area contributed by atoms with Crippen LogP contribution in [0.3, 0.4) is 0 Å². The molecule has 0 saturated carbocycles. The minimum absolute atomic E-state index is 0.985. The van der Waals surface area contributed by atoms with Crippen molar-refractivity contribution in [2.24, 2.45) is 0 Å². The SMILES string of the molecule is C=CCc1cc2ccccc2s1.C=CCc1cccs1. The number of hydrogen-bond donors (Lipinski definition) is 0. The van der Waals surface area contributed by atoms with Gasteiger partial charge in [0.25, 0.3) is 0 Å². The Labute approximate surface area is 128 Å². The fourth-order valence-corrected chi connectivity index (χ4v) is 3.61. The van der Waals surface area contributed by atoms with Crippen molar-refractivity contribution in [3.05, 3.63) is 82.9 Å². The molecular weight excluding hydrogens is 280 g/mol. The molecule has 2 heterocycles. The van der Waals surface area contributed by atoms with Gasteiger partial charge in [0.1, 0.15) is 0 Å². The Kier molecular flexibility index (Phi) is 5.78. The van der Waals surface area contributed by atoms with Crippen LogP contribution < -0.4 is 0 Å². The molecule has 0 saturated heterocycles. The van der Waals surface area contributed by atoms with Crippen molar-refractivity contribution in [3.63, 3.8) is 0 Å². The zero-order valence-corrected chi connectivity index (χ0v) is 13.1. The molecule has 0 nitrogen and oxygen atoms in total. The number of allylic oxidation sites excluding steroid dienone is 2. The standard InChI is InChI=1S/C11H10S.C7H8S/c1-2-5-10-8-9-6-3-4-7-11(9)12-10;1-2-4-7-5-3-6-8-7/h2-4,6-8H,1,5H2;2-3,5-6H,1,4H2. The van der Waals surface area contributed by atoms with Crippen LogP contribution in [0.2, 0.25) is 0 Å². The van der Waals surface area contributed by atoms with Gasteiger partial charge in [-0.2, -0.15) is 0 Å². The lowest BCUT2D eigenvalue weighted by Gasteiger charge is -1.82. The summed E-state index contributed by atoms with van der Waals surface area (Å²) in [4.78, 5) is 2.78. The Balaban J connectivity index is 0.000000160. The maximum Gasteiger partial charge on any atom is 0.0345 e. The van der Waals surface area contributed by atoms with Gasteiger partial charge in [-0.3, -0.25) is 0 Å². The summed E-state index contributed by atoms with van der Waals surface area (Å²) in [6.45, 7) is 7.38. The highest BCUT2D eigenvalue weighted by atomic mass is 32.1. The van der Waals surface area contributed by atoms with E-state index in [9.17, 15) is 0 Å². The van der Waals surface area contributed by atoms with Crippen molar-refractivity contribution in [1.29, 1.82) is 0 Å². The van der Waals surface area contributed by atoms with Crippen LogP contribution in [0.5, 0.6) is 0 Å². The van der Waals surface area contributed by atoms with Gasteiger partial charge in [-0.15, -0.1) is 35.8 Å². The second-order valence-corrected chi connectivity index (χ2v) is 6.52. The summed E-state index contributed by atoms with van der Waals surface area (Å²) in [7, 11) is 0. The van der Waals surface area contributed by atoms with Crippen LogP contribution in [0.1, 0.15) is 9.75 Å². The molecule has 0 atom stereocenters. The van der Waals surface area contributed by atoms with E-state index in [0.717, 1.165) is 12.8 Å². The van der Waals surface area contributed by atoms with Crippen LogP contribution >= 0.6 is 22.7 Å². The van der Waals surface area contributed by atoms with Gasteiger partial charge < -0.3 is 0 Å². The molecule has 102 valence electrons. The third kappa shape index (κ3) is 4.19. The quantitative estimate of drug-likeness (QED) is 0.510. The predicted molar refractivity (Wildman–Crippen MR) is 93.9 cm³/mol. The van der Waals surface area contributed by atoms with Crippen molar-refractivity contribution in [2.75, 3.05) is 0 Å². The number of hydrogen-bond acceptors (Lipinski definition) is 2. The number of thiophene rings is 2. The van der Waals surface area contributed by atoms with Crippen LogP contribution in [0.25, 0.3) is 10.1 Å². The van der Waals surface area contributed by atoms with Crippen molar-refractivity contribution < 1.29 is 0 Å². The van der Waals surface area contributed by atoms with Crippen LogP contribution in [-0.2, 0) is 12.8 Å². The first-order chi connectivity index (χ1) is 9.83. The molecule has 3 aromatic rings. The van der Waals surface area contributed by atoms with Crippen molar-refractivity contribution in [1.82, 2.24) is 0 Å². The van der Waals surface area contributed by atoms with Crippen LogP contribution in [0, 0.1) is 0 Å². The highest BCUT2D eigenvalue weighted by Crippen LogP contribution is 2.25. The molecule has 20 heavy (non-hydrogen) atoms. The average Bonchev–Trinajstić information content (AvgIpc) is 3.08. The third-order valence-corrected chi connectivity index (χ3v) is 4.78. The van der Waals surface area contributed by atoms with E-state index in [1.165, 1.54) is 19.8 Å². The minimum atomic E-state index is 0.985. The summed E-state index contributed by atoms with van der Waals surface area (Å²) in [6, 6.07) is 14.9. The third-order valence-electron chi connectivity index (χ3n) is 2.75. The van der Waals surface area contributed by atoms with Gasteiger partial charge in [0.15, 0.2) is 0 Å². The zero-order valence-electron chi connectivity index (χ0n) is 11.4. The number of fused-ring (bicyclic) bond motifs is 1. The van der Waals surface area contributed by atoms with E-state index in [0.29, 0.717) is 0 Å². The molecule has 0 bridgehead atoms. The lowest BCUT2D eigenvalue weighted by atomic mass is 10.2. The summed E-state index contributed by atoms with van der Waals surface area (Å²) < 4.78 is 1.37. The van der Waals surface area contributed by atoms with E-state index in [4.69, 9.17) is 0 Å². The largest absolute Gasteiger partial charge is 0.149 e. The van der Waals surface area contributed by atoms with E-state index < -0.39 is 0 Å². The zero-order chi connectivity index (χ0) is 14.2. The summed E-state index contributed by atoms with van der Waals surface area (Å²) >= 11 is 3.63. The maximum absolute atomic E-state index is 3.73. The summed E-state index contributed by atoms with van der Waals surface area (Å²) in [5.41, 5.74) is 0. The van der Waals surface area contributed by atoms with Gasteiger partial charge in [0.05, 0.1) is 0 Å². The molecule has 0 aliphatic heterocycles. The first-order valence-electron chi connectivity index (χ1n) is 6.55. The molecule has 1 aromatic carbocycles. The normalized spacial score (nSPS) is 9.80. The van der Waals surface area contributed by atoms with E-state index in [2.05, 4.69) is 61.0 Å². The summed E-state index contributed by atoms with van der Waals surface area (Å²) in [6.07, 6.45) is 5.87. The molecule has 0 radical (unpaired) electrons. The summed E-state index contributed by atoms with van der Waals surface area (Å²) in [5.74, 6) is 0.